The molecule has 0 aliphatic carbocycles. The number of hydrogen-bond donors (Lipinski definition) is 0. The number of para-hydroxylation sites is 1. The van der Waals surface area contributed by atoms with Gasteiger partial charge in [0.15, 0.2) is 0 Å². The summed E-state index contributed by atoms with van der Waals surface area (Å²) in [7, 11) is 0. The first-order valence-corrected chi connectivity index (χ1v) is 9.65. The Morgan fingerprint density at radius 3 is 1.93 bits per heavy atom. The van der Waals surface area contributed by atoms with E-state index in [1.54, 1.807) is 12.1 Å². The van der Waals surface area contributed by atoms with Crippen LogP contribution < -0.4 is 4.74 Å². The standard InChI is InChI=1S/C24H23ClO3/c1-17(2)22(18-13-15-20(25)16-14-18)23(26)28-24(19-9-5-3-6-10-19)27-21-11-7-4-8-12-21/h3-17,22,24H,1-2H3. The van der Waals surface area contributed by atoms with Crippen molar-refractivity contribution in [2.45, 2.75) is 26.1 Å². The second kappa shape index (κ2) is 9.43. The Morgan fingerprint density at radius 1 is 0.786 bits per heavy atom. The van der Waals surface area contributed by atoms with E-state index in [0.717, 1.165) is 11.1 Å². The van der Waals surface area contributed by atoms with E-state index in [-0.39, 0.29) is 11.9 Å². The molecule has 0 N–H and O–H groups in total. The SMILES string of the molecule is CC(C)C(C(=O)OC(Oc1ccccc1)c1ccccc1)c1ccc(Cl)cc1. The van der Waals surface area contributed by atoms with Crippen molar-refractivity contribution < 1.29 is 14.3 Å². The third-order valence-electron chi connectivity index (χ3n) is 4.43. The van der Waals surface area contributed by atoms with Gasteiger partial charge in [-0.15, -0.1) is 0 Å². The van der Waals surface area contributed by atoms with Crippen LogP contribution in [0.15, 0.2) is 84.9 Å². The zero-order chi connectivity index (χ0) is 19.9. The molecule has 0 amide bonds. The Labute approximate surface area is 170 Å². The molecule has 2 unspecified atom stereocenters. The quantitative estimate of drug-likeness (QED) is 0.343. The molecule has 0 bridgehead atoms. The van der Waals surface area contributed by atoms with Gasteiger partial charge in [0.2, 0.25) is 0 Å². The van der Waals surface area contributed by atoms with Crippen molar-refractivity contribution in [1.82, 2.24) is 0 Å². The van der Waals surface area contributed by atoms with E-state index in [0.29, 0.717) is 10.8 Å². The molecule has 0 saturated carbocycles. The van der Waals surface area contributed by atoms with Gasteiger partial charge in [-0.1, -0.05) is 86.1 Å². The molecule has 2 atom stereocenters. The molecular formula is C24H23ClO3. The molecule has 0 radical (unpaired) electrons. The van der Waals surface area contributed by atoms with E-state index < -0.39 is 12.2 Å². The summed E-state index contributed by atoms with van der Waals surface area (Å²) >= 11 is 5.99. The first-order valence-electron chi connectivity index (χ1n) is 9.27. The highest BCUT2D eigenvalue weighted by atomic mass is 35.5. The molecule has 3 aromatic carbocycles. The van der Waals surface area contributed by atoms with Crippen LogP contribution in [0.3, 0.4) is 0 Å². The summed E-state index contributed by atoms with van der Waals surface area (Å²) in [5.74, 6) is -0.0523. The molecule has 0 spiro atoms. The smallest absolute Gasteiger partial charge is 0.317 e. The molecule has 3 nitrogen and oxygen atoms in total. The van der Waals surface area contributed by atoms with E-state index in [9.17, 15) is 4.79 Å². The molecule has 144 valence electrons. The van der Waals surface area contributed by atoms with Crippen LogP contribution in [0.25, 0.3) is 0 Å². The molecule has 3 rings (SSSR count). The van der Waals surface area contributed by atoms with E-state index in [2.05, 4.69) is 0 Å². The summed E-state index contributed by atoms with van der Waals surface area (Å²) in [4.78, 5) is 13.1. The van der Waals surface area contributed by atoms with Crippen molar-refractivity contribution in [1.29, 1.82) is 0 Å². The number of carbonyl (C=O) groups excluding carboxylic acids is 1. The Kier molecular flexibility index (Phi) is 6.72. The normalized spacial score (nSPS) is 13.0. The zero-order valence-corrected chi connectivity index (χ0v) is 16.7. The van der Waals surface area contributed by atoms with Crippen molar-refractivity contribution in [2.24, 2.45) is 5.92 Å². The maximum Gasteiger partial charge on any atom is 0.317 e. The summed E-state index contributed by atoms with van der Waals surface area (Å²) in [6.07, 6.45) is -0.829. The average molecular weight is 395 g/mol. The fourth-order valence-corrected chi connectivity index (χ4v) is 3.16. The van der Waals surface area contributed by atoms with Gasteiger partial charge in [0.1, 0.15) is 5.75 Å². The number of rotatable bonds is 7. The molecular weight excluding hydrogens is 372 g/mol. The Bertz CT molecular complexity index is 877. The summed E-state index contributed by atoms with van der Waals surface area (Å²) in [5.41, 5.74) is 1.65. The first kappa shape index (κ1) is 20.0. The minimum absolute atomic E-state index is 0.0572. The fraction of sp³-hybridized carbons (Fsp3) is 0.208. The molecule has 4 heteroatoms. The second-order valence-corrected chi connectivity index (χ2v) is 7.32. The highest BCUT2D eigenvalue weighted by molar-refractivity contribution is 6.30. The Hall–Kier alpha value is -2.78. The number of carbonyl (C=O) groups is 1. The van der Waals surface area contributed by atoms with E-state index in [1.165, 1.54) is 0 Å². The van der Waals surface area contributed by atoms with Gasteiger partial charge in [0.05, 0.1) is 5.92 Å². The van der Waals surface area contributed by atoms with E-state index >= 15 is 0 Å². The number of esters is 1. The first-order chi connectivity index (χ1) is 13.5. The predicted octanol–water partition coefficient (Wildman–Crippen LogP) is 6.40. The minimum atomic E-state index is -0.829. The molecule has 28 heavy (non-hydrogen) atoms. The summed E-state index contributed by atoms with van der Waals surface area (Å²) in [5, 5.41) is 0.634. The number of benzene rings is 3. The molecule has 0 fully saturated rings. The van der Waals surface area contributed by atoms with Gasteiger partial charge in [-0.25, -0.2) is 0 Å². The van der Waals surface area contributed by atoms with Gasteiger partial charge in [-0.3, -0.25) is 4.79 Å². The van der Waals surface area contributed by atoms with Crippen LogP contribution in [0.2, 0.25) is 5.02 Å². The fourth-order valence-electron chi connectivity index (χ4n) is 3.04. The van der Waals surface area contributed by atoms with E-state index in [1.807, 2.05) is 86.6 Å². The maximum atomic E-state index is 13.1. The number of hydrogen-bond acceptors (Lipinski definition) is 3. The van der Waals surface area contributed by atoms with Crippen molar-refractivity contribution >= 4 is 17.6 Å². The molecule has 0 saturated heterocycles. The van der Waals surface area contributed by atoms with E-state index in [4.69, 9.17) is 21.1 Å². The zero-order valence-electron chi connectivity index (χ0n) is 15.9. The second-order valence-electron chi connectivity index (χ2n) is 6.88. The Morgan fingerprint density at radius 2 is 1.36 bits per heavy atom. The van der Waals surface area contributed by atoms with Gasteiger partial charge in [0, 0.05) is 10.6 Å². The summed E-state index contributed by atoms with van der Waals surface area (Å²) < 4.78 is 11.8. The lowest BCUT2D eigenvalue weighted by molar-refractivity contribution is -0.168. The van der Waals surface area contributed by atoms with Crippen LogP contribution in [0, 0.1) is 5.92 Å². The minimum Gasteiger partial charge on any atom is -0.450 e. The monoisotopic (exact) mass is 394 g/mol. The van der Waals surface area contributed by atoms with Gasteiger partial charge >= 0.3 is 5.97 Å². The van der Waals surface area contributed by atoms with Crippen molar-refractivity contribution in [3.8, 4) is 5.75 Å². The van der Waals surface area contributed by atoms with Crippen LogP contribution in [0.1, 0.15) is 37.2 Å². The Balaban J connectivity index is 1.85. The molecule has 0 aliphatic heterocycles. The molecule has 3 aromatic rings. The van der Waals surface area contributed by atoms with Crippen LogP contribution in [-0.2, 0) is 9.53 Å². The van der Waals surface area contributed by atoms with Gasteiger partial charge < -0.3 is 9.47 Å². The highest BCUT2D eigenvalue weighted by Crippen LogP contribution is 2.31. The van der Waals surface area contributed by atoms with Gasteiger partial charge in [-0.2, -0.15) is 0 Å². The number of halogens is 1. The van der Waals surface area contributed by atoms with Crippen LogP contribution in [0.5, 0.6) is 5.75 Å². The predicted molar refractivity (Wildman–Crippen MR) is 111 cm³/mol. The lowest BCUT2D eigenvalue weighted by Crippen LogP contribution is -2.25. The third-order valence-corrected chi connectivity index (χ3v) is 4.68. The topological polar surface area (TPSA) is 35.5 Å². The van der Waals surface area contributed by atoms with Crippen LogP contribution in [-0.4, -0.2) is 5.97 Å². The molecule has 0 aliphatic rings. The van der Waals surface area contributed by atoms with Crippen LogP contribution in [0.4, 0.5) is 0 Å². The average Bonchev–Trinajstić information content (AvgIpc) is 2.70. The summed E-state index contributed by atoms with van der Waals surface area (Å²) in [6, 6.07) is 26.1. The van der Waals surface area contributed by atoms with Crippen molar-refractivity contribution in [2.75, 3.05) is 0 Å². The van der Waals surface area contributed by atoms with Gasteiger partial charge in [-0.05, 0) is 35.7 Å². The molecule has 0 aromatic heterocycles. The van der Waals surface area contributed by atoms with Gasteiger partial charge in [0.25, 0.3) is 6.29 Å². The summed E-state index contributed by atoms with van der Waals surface area (Å²) in [6.45, 7) is 3.99. The van der Waals surface area contributed by atoms with Crippen LogP contribution >= 0.6 is 11.6 Å². The molecule has 0 heterocycles. The lowest BCUT2D eigenvalue weighted by atomic mass is 9.88. The third kappa shape index (κ3) is 5.14. The highest BCUT2D eigenvalue weighted by Gasteiger charge is 2.29. The maximum absolute atomic E-state index is 13.1. The number of ether oxygens (including phenoxy) is 2. The van der Waals surface area contributed by atoms with Crippen molar-refractivity contribution in [3.05, 3.63) is 101 Å². The lowest BCUT2D eigenvalue weighted by Gasteiger charge is -2.25. The largest absolute Gasteiger partial charge is 0.450 e. The van der Waals surface area contributed by atoms with Crippen molar-refractivity contribution in [3.63, 3.8) is 0 Å².